The lowest BCUT2D eigenvalue weighted by atomic mass is 9.96. The summed E-state index contributed by atoms with van der Waals surface area (Å²) < 4.78 is 0. The number of nitrogens with zero attached hydrogens (tertiary/aromatic N) is 2. The molecule has 0 aromatic heterocycles. The summed E-state index contributed by atoms with van der Waals surface area (Å²) in [5, 5.41) is 9.10. The van der Waals surface area contributed by atoms with Gasteiger partial charge in [0.1, 0.15) is 0 Å². The van der Waals surface area contributed by atoms with Crippen LogP contribution in [0.25, 0.3) is 0 Å². The van der Waals surface area contributed by atoms with E-state index >= 15 is 0 Å². The lowest BCUT2D eigenvalue weighted by Crippen LogP contribution is -2.12. The van der Waals surface area contributed by atoms with Crippen LogP contribution < -0.4 is 4.90 Å². The second-order valence-corrected chi connectivity index (χ2v) is 5.20. The standard InChI is InChI=1S/C14H16N2/c1-16-7-4-12-8-11(2-3-13(12)16)9-14(10-15)5-6-14/h2-3,8H,4-7,9H2,1H3. The van der Waals surface area contributed by atoms with Gasteiger partial charge in [0.05, 0.1) is 11.5 Å². The van der Waals surface area contributed by atoms with Gasteiger partial charge in [-0.3, -0.25) is 0 Å². The van der Waals surface area contributed by atoms with Crippen molar-refractivity contribution in [3.8, 4) is 6.07 Å². The molecule has 0 amide bonds. The fourth-order valence-electron chi connectivity index (χ4n) is 2.60. The van der Waals surface area contributed by atoms with Crippen molar-refractivity contribution in [2.45, 2.75) is 25.7 Å². The van der Waals surface area contributed by atoms with Crippen LogP contribution in [0.4, 0.5) is 5.69 Å². The third-order valence-electron chi connectivity index (χ3n) is 3.90. The highest BCUT2D eigenvalue weighted by Crippen LogP contribution is 2.48. The lowest BCUT2D eigenvalue weighted by Gasteiger charge is -2.12. The monoisotopic (exact) mass is 212 g/mol. The molecule has 1 fully saturated rings. The molecule has 0 saturated heterocycles. The van der Waals surface area contributed by atoms with E-state index in [0.717, 1.165) is 32.2 Å². The highest BCUT2D eigenvalue weighted by molar-refractivity contribution is 5.58. The molecule has 1 aliphatic heterocycles. The van der Waals surface area contributed by atoms with E-state index in [0.29, 0.717) is 0 Å². The summed E-state index contributed by atoms with van der Waals surface area (Å²) in [6.07, 6.45) is 4.26. The van der Waals surface area contributed by atoms with Gasteiger partial charge in [-0.15, -0.1) is 0 Å². The largest absolute Gasteiger partial charge is 0.374 e. The van der Waals surface area contributed by atoms with Crippen molar-refractivity contribution in [2.24, 2.45) is 5.41 Å². The predicted molar refractivity (Wildman–Crippen MR) is 64.4 cm³/mol. The fourth-order valence-corrected chi connectivity index (χ4v) is 2.60. The molecule has 1 saturated carbocycles. The Morgan fingerprint density at radius 2 is 2.25 bits per heavy atom. The van der Waals surface area contributed by atoms with Crippen LogP contribution >= 0.6 is 0 Å². The molecule has 0 atom stereocenters. The van der Waals surface area contributed by atoms with Gasteiger partial charge >= 0.3 is 0 Å². The van der Waals surface area contributed by atoms with E-state index in [1.165, 1.54) is 16.8 Å². The molecule has 16 heavy (non-hydrogen) atoms. The molecule has 3 rings (SSSR count). The van der Waals surface area contributed by atoms with E-state index in [1.54, 1.807) is 0 Å². The number of hydrogen-bond donors (Lipinski definition) is 0. The molecule has 0 spiro atoms. The van der Waals surface area contributed by atoms with Crippen LogP contribution in [0.1, 0.15) is 24.0 Å². The summed E-state index contributed by atoms with van der Waals surface area (Å²) in [5.41, 5.74) is 4.14. The maximum absolute atomic E-state index is 9.10. The summed E-state index contributed by atoms with van der Waals surface area (Å²) in [4.78, 5) is 2.30. The van der Waals surface area contributed by atoms with Crippen LogP contribution in [-0.2, 0) is 12.8 Å². The Morgan fingerprint density at radius 3 is 2.94 bits per heavy atom. The minimum atomic E-state index is -0.0151. The first-order valence-electron chi connectivity index (χ1n) is 5.97. The summed E-state index contributed by atoms with van der Waals surface area (Å²) in [5.74, 6) is 0. The Balaban J connectivity index is 1.86. The SMILES string of the molecule is CN1CCc2cc(CC3(C#N)CC3)ccc21. The molecule has 2 heteroatoms. The highest BCUT2D eigenvalue weighted by atomic mass is 15.1. The van der Waals surface area contributed by atoms with Crippen molar-refractivity contribution in [3.63, 3.8) is 0 Å². The van der Waals surface area contributed by atoms with Crippen LogP contribution in [0.5, 0.6) is 0 Å². The van der Waals surface area contributed by atoms with E-state index < -0.39 is 0 Å². The van der Waals surface area contributed by atoms with Gasteiger partial charge in [0.15, 0.2) is 0 Å². The Morgan fingerprint density at radius 1 is 1.44 bits per heavy atom. The maximum Gasteiger partial charge on any atom is 0.0693 e. The average Bonchev–Trinajstić information content (AvgIpc) is 2.98. The predicted octanol–water partition coefficient (Wildman–Crippen LogP) is 2.53. The van der Waals surface area contributed by atoms with E-state index in [2.05, 4.69) is 36.2 Å². The molecule has 1 aromatic carbocycles. The smallest absolute Gasteiger partial charge is 0.0693 e. The molecule has 1 heterocycles. The zero-order chi connectivity index (χ0) is 11.2. The van der Waals surface area contributed by atoms with Crippen molar-refractivity contribution in [1.82, 2.24) is 0 Å². The molecule has 2 aliphatic rings. The van der Waals surface area contributed by atoms with E-state index in [-0.39, 0.29) is 5.41 Å². The maximum atomic E-state index is 9.10. The van der Waals surface area contributed by atoms with Gasteiger partial charge in [-0.2, -0.15) is 5.26 Å². The number of benzene rings is 1. The highest BCUT2D eigenvalue weighted by Gasteiger charge is 2.43. The Bertz CT molecular complexity index is 466. The van der Waals surface area contributed by atoms with Crippen LogP contribution in [0, 0.1) is 16.7 Å². The van der Waals surface area contributed by atoms with Gasteiger partial charge in [0.25, 0.3) is 0 Å². The molecule has 82 valence electrons. The molecular formula is C14H16N2. The molecular weight excluding hydrogens is 196 g/mol. The van der Waals surface area contributed by atoms with Crippen molar-refractivity contribution in [3.05, 3.63) is 29.3 Å². The Kier molecular flexibility index (Phi) is 1.97. The Labute approximate surface area is 96.5 Å². The Hall–Kier alpha value is -1.49. The molecule has 1 aliphatic carbocycles. The normalized spacial score (nSPS) is 20.4. The van der Waals surface area contributed by atoms with Crippen LogP contribution in [0.3, 0.4) is 0 Å². The summed E-state index contributed by atoms with van der Waals surface area (Å²) >= 11 is 0. The van der Waals surface area contributed by atoms with Gasteiger partial charge in [-0.05, 0) is 42.9 Å². The zero-order valence-electron chi connectivity index (χ0n) is 9.66. The topological polar surface area (TPSA) is 27.0 Å². The minimum Gasteiger partial charge on any atom is -0.374 e. The molecule has 1 aromatic rings. The average molecular weight is 212 g/mol. The first kappa shape index (κ1) is 9.72. The summed E-state index contributed by atoms with van der Waals surface area (Å²) in [6, 6.07) is 9.17. The molecule has 0 bridgehead atoms. The van der Waals surface area contributed by atoms with Gasteiger partial charge in [0, 0.05) is 19.3 Å². The van der Waals surface area contributed by atoms with Crippen molar-refractivity contribution in [1.29, 1.82) is 5.26 Å². The van der Waals surface area contributed by atoms with Gasteiger partial charge in [-0.25, -0.2) is 0 Å². The number of nitriles is 1. The van der Waals surface area contributed by atoms with Gasteiger partial charge < -0.3 is 4.90 Å². The fraction of sp³-hybridized carbons (Fsp3) is 0.500. The third-order valence-corrected chi connectivity index (χ3v) is 3.90. The second kappa shape index (κ2) is 3.25. The number of hydrogen-bond acceptors (Lipinski definition) is 2. The number of likely N-dealkylation sites (N-methyl/N-ethyl adjacent to an activating group) is 1. The lowest BCUT2D eigenvalue weighted by molar-refractivity contribution is 0.664. The van der Waals surface area contributed by atoms with Crippen molar-refractivity contribution >= 4 is 5.69 Å². The van der Waals surface area contributed by atoms with Gasteiger partial charge in [-0.1, -0.05) is 12.1 Å². The quantitative estimate of drug-likeness (QED) is 0.753. The van der Waals surface area contributed by atoms with Crippen molar-refractivity contribution < 1.29 is 0 Å². The van der Waals surface area contributed by atoms with Crippen LogP contribution in [0.2, 0.25) is 0 Å². The first-order valence-corrected chi connectivity index (χ1v) is 5.97. The third kappa shape index (κ3) is 1.48. The van der Waals surface area contributed by atoms with Crippen LogP contribution in [0.15, 0.2) is 18.2 Å². The summed E-state index contributed by atoms with van der Waals surface area (Å²) in [6.45, 7) is 1.13. The van der Waals surface area contributed by atoms with Crippen LogP contribution in [-0.4, -0.2) is 13.6 Å². The number of anilines is 1. The molecule has 0 unspecified atom stereocenters. The zero-order valence-corrected chi connectivity index (χ0v) is 9.66. The minimum absolute atomic E-state index is 0.0151. The van der Waals surface area contributed by atoms with Gasteiger partial charge in [0.2, 0.25) is 0 Å². The first-order chi connectivity index (χ1) is 7.72. The molecule has 0 radical (unpaired) electrons. The van der Waals surface area contributed by atoms with E-state index in [4.69, 9.17) is 5.26 Å². The number of rotatable bonds is 2. The molecule has 2 nitrogen and oxygen atoms in total. The number of fused-ring (bicyclic) bond motifs is 1. The van der Waals surface area contributed by atoms with E-state index in [1.807, 2.05) is 0 Å². The van der Waals surface area contributed by atoms with E-state index in [9.17, 15) is 0 Å². The summed E-state index contributed by atoms with van der Waals surface area (Å²) in [7, 11) is 2.14. The molecule has 0 N–H and O–H groups in total. The van der Waals surface area contributed by atoms with Crippen molar-refractivity contribution in [2.75, 3.05) is 18.5 Å². The second-order valence-electron chi connectivity index (χ2n) is 5.20.